The minimum atomic E-state index is -0.581. The van der Waals surface area contributed by atoms with Gasteiger partial charge in [-0.3, -0.25) is 19.8 Å². The molecular formula is C22H31FN4O2. The number of anilines is 1. The van der Waals surface area contributed by atoms with Crippen LogP contribution in [0.15, 0.2) is 18.2 Å². The number of hydrogen-bond donors (Lipinski definition) is 2. The highest BCUT2D eigenvalue weighted by molar-refractivity contribution is 6.01. The molecule has 2 amide bonds. The molecule has 2 saturated heterocycles. The summed E-state index contributed by atoms with van der Waals surface area (Å²) in [6.07, 6.45) is 5.37. The molecule has 1 aromatic rings. The average Bonchev–Trinajstić information content (AvgIpc) is 2.71. The number of hydrogen-bond acceptors (Lipinski definition) is 5. The molecule has 0 aromatic heterocycles. The van der Waals surface area contributed by atoms with Crippen LogP contribution < -0.4 is 16.0 Å². The molecule has 3 fully saturated rings. The predicted octanol–water partition coefficient (Wildman–Crippen LogP) is 1.99. The fraction of sp³-hybridized carbons (Fsp3) is 0.636. The van der Waals surface area contributed by atoms with Crippen LogP contribution in [0.1, 0.15) is 50.0 Å². The van der Waals surface area contributed by atoms with Crippen molar-refractivity contribution in [3.63, 3.8) is 0 Å². The molecule has 3 N–H and O–H groups in total. The lowest BCUT2D eigenvalue weighted by atomic mass is 9.86. The SMILES string of the molecule is NC1CCC(CN2CCN(c3ccc(C4CCC(=O)NC4=O)c(F)c3)CC2)CC1. The summed E-state index contributed by atoms with van der Waals surface area (Å²) in [5.41, 5.74) is 7.25. The molecule has 29 heavy (non-hydrogen) atoms. The lowest BCUT2D eigenvalue weighted by Gasteiger charge is -2.39. The molecule has 6 nitrogen and oxygen atoms in total. The predicted molar refractivity (Wildman–Crippen MR) is 110 cm³/mol. The molecule has 1 aliphatic carbocycles. The van der Waals surface area contributed by atoms with E-state index in [4.69, 9.17) is 5.73 Å². The van der Waals surface area contributed by atoms with E-state index in [1.165, 1.54) is 18.9 Å². The van der Waals surface area contributed by atoms with Crippen LogP contribution in [0.2, 0.25) is 0 Å². The second kappa shape index (κ2) is 8.79. The minimum Gasteiger partial charge on any atom is -0.369 e. The van der Waals surface area contributed by atoms with Gasteiger partial charge in [-0.1, -0.05) is 6.07 Å². The second-order valence-corrected chi connectivity index (χ2v) is 8.78. The Bertz CT molecular complexity index is 755. The van der Waals surface area contributed by atoms with E-state index in [0.29, 0.717) is 18.0 Å². The van der Waals surface area contributed by atoms with Crippen LogP contribution in [0.4, 0.5) is 10.1 Å². The van der Waals surface area contributed by atoms with Gasteiger partial charge in [0.25, 0.3) is 0 Å². The first-order valence-corrected chi connectivity index (χ1v) is 10.9. The van der Waals surface area contributed by atoms with Gasteiger partial charge in [0.05, 0.1) is 5.92 Å². The molecular weight excluding hydrogens is 371 g/mol. The van der Waals surface area contributed by atoms with Gasteiger partial charge in [0.15, 0.2) is 0 Å². The molecule has 0 radical (unpaired) electrons. The first kappa shape index (κ1) is 20.3. The zero-order chi connectivity index (χ0) is 20.4. The first-order chi connectivity index (χ1) is 14.0. The van der Waals surface area contributed by atoms with Gasteiger partial charge in [-0.15, -0.1) is 0 Å². The Morgan fingerprint density at radius 2 is 1.76 bits per heavy atom. The highest BCUT2D eigenvalue weighted by Gasteiger charge is 2.30. The zero-order valence-corrected chi connectivity index (χ0v) is 16.9. The van der Waals surface area contributed by atoms with Crippen LogP contribution in [0.3, 0.4) is 0 Å². The van der Waals surface area contributed by atoms with Gasteiger partial charge in [-0.2, -0.15) is 0 Å². The van der Waals surface area contributed by atoms with Crippen molar-refractivity contribution >= 4 is 17.5 Å². The maximum Gasteiger partial charge on any atom is 0.234 e. The summed E-state index contributed by atoms with van der Waals surface area (Å²) >= 11 is 0. The molecule has 2 heterocycles. The summed E-state index contributed by atoms with van der Waals surface area (Å²) in [4.78, 5) is 28.1. The van der Waals surface area contributed by atoms with Gasteiger partial charge in [-0.25, -0.2) is 4.39 Å². The number of piperidine rings is 1. The largest absolute Gasteiger partial charge is 0.369 e. The standard InChI is InChI=1S/C22H31FN4O2/c23-20-13-17(5-6-18(20)19-7-8-21(28)25-22(19)29)27-11-9-26(10-12-27)14-15-1-3-16(24)4-2-15/h5-6,13,15-16,19H,1-4,7-12,14,24H2,(H,25,28,29). The third-order valence-electron chi connectivity index (χ3n) is 6.74. The van der Waals surface area contributed by atoms with E-state index in [-0.39, 0.29) is 18.1 Å². The van der Waals surface area contributed by atoms with E-state index >= 15 is 0 Å². The van der Waals surface area contributed by atoms with Gasteiger partial charge >= 0.3 is 0 Å². The van der Waals surface area contributed by atoms with E-state index in [9.17, 15) is 14.0 Å². The number of benzene rings is 1. The molecule has 4 rings (SSSR count). The van der Waals surface area contributed by atoms with Crippen LogP contribution in [-0.2, 0) is 9.59 Å². The van der Waals surface area contributed by atoms with E-state index in [1.807, 2.05) is 6.07 Å². The maximum absolute atomic E-state index is 14.8. The van der Waals surface area contributed by atoms with Crippen LogP contribution in [-0.4, -0.2) is 55.5 Å². The average molecular weight is 403 g/mol. The van der Waals surface area contributed by atoms with E-state index in [0.717, 1.165) is 57.2 Å². The summed E-state index contributed by atoms with van der Waals surface area (Å²) in [5, 5.41) is 2.31. The number of piperazine rings is 1. The molecule has 1 unspecified atom stereocenters. The highest BCUT2D eigenvalue weighted by Crippen LogP contribution is 2.30. The molecule has 1 aromatic carbocycles. The number of nitrogens with two attached hydrogens (primary N) is 1. The lowest BCUT2D eigenvalue weighted by Crippen LogP contribution is -2.48. The van der Waals surface area contributed by atoms with Crippen LogP contribution >= 0.6 is 0 Å². The second-order valence-electron chi connectivity index (χ2n) is 8.78. The summed E-state index contributed by atoms with van der Waals surface area (Å²) < 4.78 is 14.8. The number of carbonyl (C=O) groups is 2. The molecule has 7 heteroatoms. The normalized spacial score (nSPS) is 29.0. The van der Waals surface area contributed by atoms with Crippen LogP contribution in [0.5, 0.6) is 0 Å². The van der Waals surface area contributed by atoms with Crippen LogP contribution in [0, 0.1) is 11.7 Å². The Kier molecular flexibility index (Phi) is 6.15. The number of rotatable bonds is 4. The number of carbonyl (C=O) groups excluding carboxylic acids is 2. The minimum absolute atomic E-state index is 0.256. The molecule has 0 spiro atoms. The Morgan fingerprint density at radius 1 is 1.03 bits per heavy atom. The van der Waals surface area contributed by atoms with Crippen molar-refractivity contribution in [3.8, 4) is 0 Å². The van der Waals surface area contributed by atoms with Crippen molar-refractivity contribution in [2.24, 2.45) is 11.7 Å². The number of amides is 2. The van der Waals surface area contributed by atoms with Crippen molar-refractivity contribution in [2.75, 3.05) is 37.6 Å². The lowest BCUT2D eigenvalue weighted by molar-refractivity contribution is -0.134. The van der Waals surface area contributed by atoms with E-state index in [2.05, 4.69) is 15.1 Å². The summed E-state index contributed by atoms with van der Waals surface area (Å²) in [7, 11) is 0. The molecule has 0 bridgehead atoms. The highest BCUT2D eigenvalue weighted by atomic mass is 19.1. The van der Waals surface area contributed by atoms with E-state index in [1.54, 1.807) is 6.07 Å². The molecule has 2 aliphatic heterocycles. The quantitative estimate of drug-likeness (QED) is 0.753. The smallest absolute Gasteiger partial charge is 0.234 e. The number of imide groups is 1. The third-order valence-corrected chi connectivity index (χ3v) is 6.74. The Balaban J connectivity index is 1.32. The van der Waals surface area contributed by atoms with Gasteiger partial charge < -0.3 is 10.6 Å². The first-order valence-electron chi connectivity index (χ1n) is 10.9. The van der Waals surface area contributed by atoms with Gasteiger partial charge in [-0.05, 0) is 50.2 Å². The van der Waals surface area contributed by atoms with Crippen molar-refractivity contribution in [2.45, 2.75) is 50.5 Å². The third kappa shape index (κ3) is 4.78. The van der Waals surface area contributed by atoms with Crippen LogP contribution in [0.25, 0.3) is 0 Å². The van der Waals surface area contributed by atoms with Crippen molar-refractivity contribution in [1.82, 2.24) is 10.2 Å². The van der Waals surface area contributed by atoms with Crippen molar-refractivity contribution < 1.29 is 14.0 Å². The van der Waals surface area contributed by atoms with E-state index < -0.39 is 11.8 Å². The number of halogens is 1. The molecule has 158 valence electrons. The van der Waals surface area contributed by atoms with Gasteiger partial charge in [0.2, 0.25) is 11.8 Å². The Hall–Kier alpha value is -1.99. The summed E-state index contributed by atoms with van der Waals surface area (Å²) in [6.45, 7) is 4.87. The fourth-order valence-corrected chi connectivity index (χ4v) is 4.91. The Morgan fingerprint density at radius 3 is 2.41 bits per heavy atom. The van der Waals surface area contributed by atoms with Gasteiger partial charge in [0, 0.05) is 56.4 Å². The monoisotopic (exact) mass is 402 g/mol. The topological polar surface area (TPSA) is 78.7 Å². The fourth-order valence-electron chi connectivity index (χ4n) is 4.91. The molecule has 3 aliphatic rings. The van der Waals surface area contributed by atoms with Crippen molar-refractivity contribution in [1.29, 1.82) is 0 Å². The summed E-state index contributed by atoms with van der Waals surface area (Å²) in [6, 6.07) is 5.54. The zero-order valence-electron chi connectivity index (χ0n) is 16.9. The Labute approximate surface area is 171 Å². The van der Waals surface area contributed by atoms with Gasteiger partial charge in [0.1, 0.15) is 5.82 Å². The summed E-state index contributed by atoms with van der Waals surface area (Å²) in [5.74, 6) is -0.866. The molecule has 1 atom stereocenters. The maximum atomic E-state index is 14.8. The number of nitrogens with zero attached hydrogens (tertiary/aromatic N) is 2. The van der Waals surface area contributed by atoms with Crippen molar-refractivity contribution in [3.05, 3.63) is 29.6 Å². The molecule has 1 saturated carbocycles. The number of nitrogens with one attached hydrogen (secondary N) is 1.